The molecule has 1 aromatic heterocycles. The third-order valence-corrected chi connectivity index (χ3v) is 8.26. The van der Waals surface area contributed by atoms with Crippen molar-refractivity contribution in [1.82, 2.24) is 20.5 Å². The maximum atomic E-state index is 13.3. The Bertz CT molecular complexity index is 1280. The van der Waals surface area contributed by atoms with Crippen LogP contribution in [0, 0.1) is 5.92 Å². The number of halogens is 2. The summed E-state index contributed by atoms with van der Waals surface area (Å²) in [6.07, 6.45) is 7.81. The number of alkyl halides is 2. The minimum Gasteiger partial charge on any atom is -0.489 e. The second kappa shape index (κ2) is 13.5. The second-order valence-electron chi connectivity index (χ2n) is 11.5. The Labute approximate surface area is 244 Å². The van der Waals surface area contributed by atoms with Gasteiger partial charge >= 0.3 is 6.61 Å². The van der Waals surface area contributed by atoms with E-state index in [4.69, 9.17) is 4.74 Å². The molecule has 5 rings (SSSR count). The minimum absolute atomic E-state index is 0.0349. The molecule has 2 heterocycles. The van der Waals surface area contributed by atoms with E-state index in [2.05, 4.69) is 20.4 Å². The summed E-state index contributed by atoms with van der Waals surface area (Å²) in [7, 11) is 0. The molecule has 2 saturated carbocycles. The molecule has 1 aliphatic heterocycles. The van der Waals surface area contributed by atoms with Crippen LogP contribution in [0.5, 0.6) is 11.5 Å². The van der Waals surface area contributed by atoms with Crippen LogP contribution in [0.15, 0.2) is 36.4 Å². The number of ether oxygens (including phenoxy) is 2. The van der Waals surface area contributed by atoms with E-state index < -0.39 is 12.7 Å². The highest BCUT2D eigenvalue weighted by molar-refractivity contribution is 5.92. The molecule has 3 amide bonds. The van der Waals surface area contributed by atoms with Crippen LogP contribution >= 0.6 is 0 Å². The summed E-state index contributed by atoms with van der Waals surface area (Å²) < 4.78 is 36.4. The van der Waals surface area contributed by atoms with Crippen molar-refractivity contribution >= 4 is 17.7 Å². The van der Waals surface area contributed by atoms with Crippen molar-refractivity contribution < 1.29 is 32.6 Å². The smallest absolute Gasteiger partial charge is 0.387 e. The van der Waals surface area contributed by atoms with Crippen molar-refractivity contribution in [2.24, 2.45) is 5.92 Å². The summed E-state index contributed by atoms with van der Waals surface area (Å²) in [5.41, 5.74) is 1.62. The highest BCUT2D eigenvalue weighted by atomic mass is 19.3. The van der Waals surface area contributed by atoms with Crippen LogP contribution in [0.3, 0.4) is 0 Å². The lowest BCUT2D eigenvalue weighted by atomic mass is 9.95. The van der Waals surface area contributed by atoms with E-state index in [1.807, 2.05) is 0 Å². The molecule has 0 radical (unpaired) electrons. The molecule has 226 valence electrons. The molecule has 3 fully saturated rings. The van der Waals surface area contributed by atoms with Crippen LogP contribution in [-0.2, 0) is 16.1 Å². The molecule has 0 bridgehead atoms. The molecule has 2 N–H and O–H groups in total. The molecule has 1 unspecified atom stereocenters. The average Bonchev–Trinajstić information content (AvgIpc) is 3.70. The monoisotopic (exact) mass is 584 g/mol. The number of nitrogens with zero attached hydrogens (tertiary/aromatic N) is 2. The number of rotatable bonds is 11. The van der Waals surface area contributed by atoms with Gasteiger partial charge in [-0.05, 0) is 67.9 Å². The van der Waals surface area contributed by atoms with Crippen molar-refractivity contribution in [2.45, 2.75) is 89.4 Å². The van der Waals surface area contributed by atoms with Crippen molar-refractivity contribution in [1.29, 1.82) is 0 Å². The Balaban J connectivity index is 1.22. The summed E-state index contributed by atoms with van der Waals surface area (Å²) in [4.78, 5) is 44.4. The van der Waals surface area contributed by atoms with Crippen molar-refractivity contribution in [2.75, 3.05) is 13.2 Å². The van der Waals surface area contributed by atoms with Crippen molar-refractivity contribution in [3.63, 3.8) is 0 Å². The zero-order valence-electron chi connectivity index (χ0n) is 23.8. The van der Waals surface area contributed by atoms with Gasteiger partial charge in [0, 0.05) is 25.4 Å². The Morgan fingerprint density at radius 1 is 1.05 bits per heavy atom. The van der Waals surface area contributed by atoms with E-state index >= 15 is 0 Å². The first kappa shape index (κ1) is 29.7. The van der Waals surface area contributed by atoms with Gasteiger partial charge in [0.05, 0.1) is 18.8 Å². The van der Waals surface area contributed by atoms with E-state index in [1.165, 1.54) is 24.3 Å². The van der Waals surface area contributed by atoms with Gasteiger partial charge in [-0.2, -0.15) is 8.78 Å². The molecule has 11 heteroatoms. The normalized spacial score (nSPS) is 20.8. The third-order valence-electron chi connectivity index (χ3n) is 8.26. The fourth-order valence-electron chi connectivity index (χ4n) is 5.76. The number of hydrogen-bond acceptors (Lipinski definition) is 6. The Kier molecular flexibility index (Phi) is 9.54. The molecular formula is C31H38F2N4O5. The molecule has 1 aromatic carbocycles. The van der Waals surface area contributed by atoms with Crippen LogP contribution < -0.4 is 20.1 Å². The summed E-state index contributed by atoms with van der Waals surface area (Å²) in [6, 6.07) is 9.40. The van der Waals surface area contributed by atoms with Crippen molar-refractivity contribution in [3.05, 3.63) is 53.3 Å². The number of amides is 3. The Morgan fingerprint density at radius 2 is 1.83 bits per heavy atom. The van der Waals surface area contributed by atoms with E-state index in [0.29, 0.717) is 36.9 Å². The van der Waals surface area contributed by atoms with Crippen LogP contribution in [-0.4, -0.2) is 59.5 Å². The summed E-state index contributed by atoms with van der Waals surface area (Å²) in [5, 5.41) is 5.93. The molecule has 1 saturated heterocycles. The van der Waals surface area contributed by atoms with E-state index in [-0.39, 0.29) is 47.7 Å². The van der Waals surface area contributed by atoms with Gasteiger partial charge in [-0.1, -0.05) is 31.4 Å². The van der Waals surface area contributed by atoms with Crippen LogP contribution in [0.25, 0.3) is 0 Å². The number of carbonyl (C=O) groups is 3. The first-order chi connectivity index (χ1) is 20.3. The number of benzene rings is 1. The lowest BCUT2D eigenvalue weighted by Gasteiger charge is -2.23. The van der Waals surface area contributed by atoms with Crippen LogP contribution in [0.4, 0.5) is 8.78 Å². The minimum atomic E-state index is -2.98. The van der Waals surface area contributed by atoms with Crippen LogP contribution in [0.2, 0.25) is 0 Å². The Hall–Kier alpha value is -3.76. The molecule has 2 aromatic rings. The van der Waals surface area contributed by atoms with E-state index in [9.17, 15) is 23.2 Å². The zero-order valence-corrected chi connectivity index (χ0v) is 23.8. The van der Waals surface area contributed by atoms with Gasteiger partial charge in [0.15, 0.2) is 11.5 Å². The lowest BCUT2D eigenvalue weighted by molar-refractivity contribution is -0.136. The predicted molar refractivity (Wildman–Crippen MR) is 150 cm³/mol. The lowest BCUT2D eigenvalue weighted by Crippen LogP contribution is -2.45. The van der Waals surface area contributed by atoms with Crippen molar-refractivity contribution in [3.8, 4) is 11.5 Å². The standard InChI is InChI=1S/C31H38F2N4O5/c1-19(38)37-17-22(21-12-13-27(42-31(32)33)28(15-21)41-18-20-10-11-20)14-26(37)30(40)34-16-24-8-5-9-25(35-24)29(39)36-23-6-3-2-4-7-23/h5,8-9,12-13,15,20,22-23,26,31H,2-4,6-7,10-11,14,16-18H2,1H3,(H,34,40)(H,36,39)/t22?,26-/m1/s1. The number of aromatic nitrogens is 1. The number of likely N-dealkylation sites (tertiary alicyclic amines) is 1. The third kappa shape index (κ3) is 7.74. The first-order valence-electron chi connectivity index (χ1n) is 14.8. The molecule has 2 aliphatic carbocycles. The fourth-order valence-corrected chi connectivity index (χ4v) is 5.76. The maximum Gasteiger partial charge on any atom is 0.387 e. The summed E-state index contributed by atoms with van der Waals surface area (Å²) >= 11 is 0. The second-order valence-corrected chi connectivity index (χ2v) is 11.5. The first-order valence-corrected chi connectivity index (χ1v) is 14.8. The van der Waals surface area contributed by atoms with Gasteiger partial charge in [-0.15, -0.1) is 0 Å². The van der Waals surface area contributed by atoms with E-state index in [0.717, 1.165) is 44.1 Å². The fraction of sp³-hybridized carbons (Fsp3) is 0.548. The van der Waals surface area contributed by atoms with Gasteiger partial charge in [-0.25, -0.2) is 4.98 Å². The quantitative estimate of drug-likeness (QED) is 0.401. The molecule has 0 spiro atoms. The number of nitrogens with one attached hydrogen (secondary N) is 2. The number of hydrogen-bond donors (Lipinski definition) is 2. The van der Waals surface area contributed by atoms with Gasteiger partial charge in [0.2, 0.25) is 11.8 Å². The largest absolute Gasteiger partial charge is 0.489 e. The maximum absolute atomic E-state index is 13.3. The molecular weight excluding hydrogens is 546 g/mol. The number of pyridine rings is 1. The highest BCUT2D eigenvalue weighted by Gasteiger charge is 2.39. The summed E-state index contributed by atoms with van der Waals surface area (Å²) in [6.45, 7) is -0.722. The van der Waals surface area contributed by atoms with Gasteiger partial charge < -0.3 is 25.0 Å². The van der Waals surface area contributed by atoms with Crippen LogP contribution in [0.1, 0.15) is 86.0 Å². The molecule has 2 atom stereocenters. The van der Waals surface area contributed by atoms with Gasteiger partial charge in [-0.3, -0.25) is 14.4 Å². The average molecular weight is 585 g/mol. The molecule has 3 aliphatic rings. The van der Waals surface area contributed by atoms with Gasteiger partial charge in [0.25, 0.3) is 5.91 Å². The predicted octanol–water partition coefficient (Wildman–Crippen LogP) is 4.56. The summed E-state index contributed by atoms with van der Waals surface area (Å²) in [5.74, 6) is -0.357. The zero-order chi connectivity index (χ0) is 29.6. The number of carbonyl (C=O) groups excluding carboxylic acids is 3. The van der Waals surface area contributed by atoms with E-state index in [1.54, 1.807) is 30.3 Å². The highest BCUT2D eigenvalue weighted by Crippen LogP contribution is 2.39. The topological polar surface area (TPSA) is 110 Å². The Morgan fingerprint density at radius 3 is 2.55 bits per heavy atom. The molecule has 9 nitrogen and oxygen atoms in total. The SMILES string of the molecule is CC(=O)N1CC(c2ccc(OC(F)F)c(OCC3CC3)c2)C[C@@H]1C(=O)NCc1cccc(C(=O)NC2CCCCC2)n1. The van der Waals surface area contributed by atoms with Gasteiger partial charge in [0.1, 0.15) is 11.7 Å². The molecule has 42 heavy (non-hydrogen) atoms.